The Bertz CT molecular complexity index is 164. The molecule has 5 nitrogen and oxygen atoms in total. The van der Waals surface area contributed by atoms with Crippen molar-refractivity contribution >= 4 is 5.97 Å². The van der Waals surface area contributed by atoms with Crippen LogP contribution in [0.1, 0.15) is 0 Å². The van der Waals surface area contributed by atoms with Gasteiger partial charge >= 0.3 is 5.97 Å². The van der Waals surface area contributed by atoms with Gasteiger partial charge in [0.1, 0.15) is 6.61 Å². The fourth-order valence-electron chi connectivity index (χ4n) is 0.578. The zero-order valence-corrected chi connectivity index (χ0v) is 5.73. The minimum Gasteiger partial charge on any atom is -0.480 e. The van der Waals surface area contributed by atoms with Crippen LogP contribution in [0.3, 0.4) is 0 Å². The Balaban J connectivity index is 2.20. The molecule has 1 aliphatic rings. The number of aliphatic carboxylic acids is 1. The molecule has 0 aromatic carbocycles. The second-order valence-electron chi connectivity index (χ2n) is 1.85. The highest BCUT2D eigenvalue weighted by Gasteiger charge is 2.10. The van der Waals surface area contributed by atoms with Crippen molar-refractivity contribution in [2.24, 2.45) is 0 Å². The Morgan fingerprint density at radius 1 is 1.82 bits per heavy atom. The van der Waals surface area contributed by atoms with Crippen LogP contribution in [0.15, 0.2) is 12.3 Å². The molecule has 1 rings (SSSR count). The normalized spacial score (nSPS) is 22.7. The molecular formula is C6H8O5. The molecule has 1 N–H and O–H groups in total. The van der Waals surface area contributed by atoms with E-state index in [2.05, 4.69) is 4.74 Å². The lowest BCUT2D eigenvalue weighted by atomic mass is 10.6. The van der Waals surface area contributed by atoms with Crippen LogP contribution >= 0.6 is 0 Å². The van der Waals surface area contributed by atoms with Crippen LogP contribution in [-0.2, 0) is 19.0 Å². The summed E-state index contributed by atoms with van der Waals surface area (Å²) in [6.45, 7) is -0.268. The summed E-state index contributed by atoms with van der Waals surface area (Å²) in [5.41, 5.74) is 0. The largest absolute Gasteiger partial charge is 0.480 e. The molecule has 0 bridgehead atoms. The van der Waals surface area contributed by atoms with Crippen LogP contribution in [0.25, 0.3) is 0 Å². The third kappa shape index (κ3) is 3.01. The van der Waals surface area contributed by atoms with Gasteiger partial charge in [0.25, 0.3) is 0 Å². The summed E-state index contributed by atoms with van der Waals surface area (Å²) in [6, 6.07) is 0. The maximum absolute atomic E-state index is 10.0. The molecule has 0 saturated carbocycles. The van der Waals surface area contributed by atoms with Crippen LogP contribution in [0.2, 0.25) is 0 Å². The molecule has 1 atom stereocenters. The van der Waals surface area contributed by atoms with Gasteiger partial charge in [-0.1, -0.05) is 0 Å². The minimum atomic E-state index is -1.02. The standard InChI is InChI=1S/C6H8O5/c7-5(8)3-10-6-1-2-9-4-11-6/h1-2,6H,3-4H2,(H,7,8). The summed E-state index contributed by atoms with van der Waals surface area (Å²) >= 11 is 0. The summed E-state index contributed by atoms with van der Waals surface area (Å²) in [5.74, 6) is -1.02. The van der Waals surface area contributed by atoms with Gasteiger partial charge in [-0.3, -0.25) is 0 Å². The SMILES string of the molecule is O=C(O)COC1C=COCO1. The van der Waals surface area contributed by atoms with Gasteiger partial charge in [0.2, 0.25) is 0 Å². The molecule has 0 amide bonds. The van der Waals surface area contributed by atoms with Crippen LogP contribution in [0, 0.1) is 0 Å². The molecule has 62 valence electrons. The van der Waals surface area contributed by atoms with E-state index in [4.69, 9.17) is 14.6 Å². The van der Waals surface area contributed by atoms with Gasteiger partial charge in [-0.2, -0.15) is 0 Å². The predicted molar refractivity (Wildman–Crippen MR) is 33.6 cm³/mol. The zero-order chi connectivity index (χ0) is 8.10. The van der Waals surface area contributed by atoms with E-state index in [0.29, 0.717) is 0 Å². The molecule has 0 radical (unpaired) electrons. The first-order valence-electron chi connectivity index (χ1n) is 3.02. The van der Waals surface area contributed by atoms with E-state index in [1.807, 2.05) is 0 Å². The molecule has 0 spiro atoms. The maximum Gasteiger partial charge on any atom is 0.329 e. The lowest BCUT2D eigenvalue weighted by Gasteiger charge is -2.16. The lowest BCUT2D eigenvalue weighted by molar-refractivity contribution is -0.182. The van der Waals surface area contributed by atoms with Gasteiger partial charge < -0.3 is 19.3 Å². The zero-order valence-electron chi connectivity index (χ0n) is 5.73. The van der Waals surface area contributed by atoms with Gasteiger partial charge in [-0.25, -0.2) is 4.79 Å². The van der Waals surface area contributed by atoms with Crippen molar-refractivity contribution in [3.8, 4) is 0 Å². The molecule has 11 heavy (non-hydrogen) atoms. The van der Waals surface area contributed by atoms with Crippen molar-refractivity contribution in [2.75, 3.05) is 13.4 Å². The van der Waals surface area contributed by atoms with Gasteiger partial charge in [-0.05, 0) is 0 Å². The Kier molecular flexibility index (Phi) is 2.88. The van der Waals surface area contributed by atoms with Gasteiger partial charge in [0, 0.05) is 6.08 Å². The van der Waals surface area contributed by atoms with E-state index in [0.717, 1.165) is 0 Å². The molecule has 0 saturated heterocycles. The topological polar surface area (TPSA) is 65.0 Å². The Morgan fingerprint density at radius 2 is 2.64 bits per heavy atom. The van der Waals surface area contributed by atoms with E-state index in [1.54, 1.807) is 0 Å². The van der Waals surface area contributed by atoms with Crippen molar-refractivity contribution in [1.82, 2.24) is 0 Å². The smallest absolute Gasteiger partial charge is 0.329 e. The summed E-state index contributed by atoms with van der Waals surface area (Å²) in [6.07, 6.45) is 2.31. The average Bonchev–Trinajstić information content (AvgIpc) is 2.03. The molecule has 1 heterocycles. The number of carboxylic acid groups (broad SMARTS) is 1. The lowest BCUT2D eigenvalue weighted by Crippen LogP contribution is -2.22. The van der Waals surface area contributed by atoms with E-state index in [9.17, 15) is 4.79 Å². The van der Waals surface area contributed by atoms with Crippen molar-refractivity contribution in [2.45, 2.75) is 6.29 Å². The number of ether oxygens (including phenoxy) is 3. The van der Waals surface area contributed by atoms with Gasteiger partial charge in [-0.15, -0.1) is 0 Å². The second kappa shape index (κ2) is 3.95. The first kappa shape index (κ1) is 8.03. The summed E-state index contributed by atoms with van der Waals surface area (Å²) < 4.78 is 14.3. The Morgan fingerprint density at radius 3 is 3.18 bits per heavy atom. The van der Waals surface area contributed by atoms with Crippen LogP contribution < -0.4 is 0 Å². The highest BCUT2D eigenvalue weighted by atomic mass is 16.8. The highest BCUT2D eigenvalue weighted by molar-refractivity contribution is 5.68. The van der Waals surface area contributed by atoms with E-state index in [-0.39, 0.29) is 13.4 Å². The molecular weight excluding hydrogens is 152 g/mol. The molecule has 0 aromatic heterocycles. The van der Waals surface area contributed by atoms with Crippen molar-refractivity contribution in [3.05, 3.63) is 12.3 Å². The number of hydrogen-bond donors (Lipinski definition) is 1. The monoisotopic (exact) mass is 160 g/mol. The predicted octanol–water partition coefficient (Wildman–Crippen LogP) is -0.0683. The summed E-state index contributed by atoms with van der Waals surface area (Å²) in [5, 5.41) is 8.21. The average molecular weight is 160 g/mol. The molecule has 0 fully saturated rings. The van der Waals surface area contributed by atoms with Gasteiger partial charge in [0.05, 0.1) is 6.26 Å². The molecule has 1 aliphatic heterocycles. The first-order valence-corrected chi connectivity index (χ1v) is 3.02. The van der Waals surface area contributed by atoms with Gasteiger partial charge in [0.15, 0.2) is 13.1 Å². The number of rotatable bonds is 3. The number of carboxylic acids is 1. The van der Waals surface area contributed by atoms with Crippen LogP contribution in [-0.4, -0.2) is 30.8 Å². The van der Waals surface area contributed by atoms with Crippen molar-refractivity contribution in [3.63, 3.8) is 0 Å². The summed E-state index contributed by atoms with van der Waals surface area (Å²) in [4.78, 5) is 10.0. The minimum absolute atomic E-state index is 0.0980. The van der Waals surface area contributed by atoms with E-state index < -0.39 is 12.3 Å². The fourth-order valence-corrected chi connectivity index (χ4v) is 0.578. The molecule has 0 aromatic rings. The number of carbonyl (C=O) groups is 1. The Labute approximate surface area is 63.2 Å². The quantitative estimate of drug-likeness (QED) is 0.626. The fraction of sp³-hybridized carbons (Fsp3) is 0.500. The van der Waals surface area contributed by atoms with E-state index in [1.165, 1.54) is 12.3 Å². The molecule has 5 heteroatoms. The third-order valence-electron chi connectivity index (χ3n) is 1.00. The molecule has 1 unspecified atom stereocenters. The van der Waals surface area contributed by atoms with Crippen LogP contribution in [0.4, 0.5) is 0 Å². The highest BCUT2D eigenvalue weighted by Crippen LogP contribution is 2.02. The van der Waals surface area contributed by atoms with Crippen LogP contribution in [0.5, 0.6) is 0 Å². The molecule has 0 aliphatic carbocycles. The Hall–Kier alpha value is -1.07. The van der Waals surface area contributed by atoms with Crippen molar-refractivity contribution < 1.29 is 24.1 Å². The summed E-state index contributed by atoms with van der Waals surface area (Å²) in [7, 11) is 0. The third-order valence-corrected chi connectivity index (χ3v) is 1.00. The number of hydrogen-bond acceptors (Lipinski definition) is 4. The maximum atomic E-state index is 10.0. The van der Waals surface area contributed by atoms with Crippen molar-refractivity contribution in [1.29, 1.82) is 0 Å². The van der Waals surface area contributed by atoms with E-state index >= 15 is 0 Å². The second-order valence-corrected chi connectivity index (χ2v) is 1.85. The first-order chi connectivity index (χ1) is 5.29.